The summed E-state index contributed by atoms with van der Waals surface area (Å²) in [6.45, 7) is 8.29. The third kappa shape index (κ3) is 5.19. The number of sulfonamides is 1. The van der Waals surface area contributed by atoms with E-state index in [-0.39, 0.29) is 16.8 Å². The average molecular weight is 380 g/mol. The van der Waals surface area contributed by atoms with Crippen LogP contribution in [0.2, 0.25) is 0 Å². The molecule has 0 aliphatic carbocycles. The first-order chi connectivity index (χ1) is 9.83. The van der Waals surface area contributed by atoms with Gasteiger partial charge in [-0.15, -0.1) is 0 Å². The van der Waals surface area contributed by atoms with Gasteiger partial charge in [-0.05, 0) is 42.0 Å². The highest BCUT2D eigenvalue weighted by Crippen LogP contribution is 2.22. The number of nitrogens with two attached hydrogens (primary N) is 1. The highest BCUT2D eigenvalue weighted by atomic mass is 79.9. The summed E-state index contributed by atoms with van der Waals surface area (Å²) in [4.78, 5) is 6.12. The summed E-state index contributed by atoms with van der Waals surface area (Å²) >= 11 is 3.22. The van der Waals surface area contributed by atoms with Crippen LogP contribution in [0.15, 0.2) is 21.6 Å². The van der Waals surface area contributed by atoms with Crippen LogP contribution in [0, 0.1) is 0 Å². The second-order valence-corrected chi connectivity index (χ2v) is 7.25. The van der Waals surface area contributed by atoms with E-state index in [1.165, 1.54) is 12.3 Å². The van der Waals surface area contributed by atoms with Crippen LogP contribution in [-0.4, -0.2) is 44.0 Å². The maximum absolute atomic E-state index is 12.4. The topological polar surface area (TPSA) is 100 Å². The van der Waals surface area contributed by atoms with Gasteiger partial charge < -0.3 is 10.3 Å². The first-order valence-corrected chi connectivity index (χ1v) is 8.98. The van der Waals surface area contributed by atoms with Crippen LogP contribution < -0.4 is 16.0 Å². The molecular formula is C12H22BrN5O2S. The zero-order valence-electron chi connectivity index (χ0n) is 12.4. The van der Waals surface area contributed by atoms with Crippen LogP contribution >= 0.6 is 15.9 Å². The van der Waals surface area contributed by atoms with E-state index in [0.29, 0.717) is 11.0 Å². The van der Waals surface area contributed by atoms with E-state index in [1.54, 1.807) is 0 Å². The number of hydrogen-bond donors (Lipinski definition) is 3. The molecule has 0 fully saturated rings. The van der Waals surface area contributed by atoms with Crippen molar-refractivity contribution in [1.82, 2.24) is 14.6 Å². The summed E-state index contributed by atoms with van der Waals surface area (Å²) in [6.07, 6.45) is 1.48. The molecule has 1 aromatic rings. The van der Waals surface area contributed by atoms with Crippen molar-refractivity contribution in [3.63, 3.8) is 0 Å². The lowest BCUT2D eigenvalue weighted by Crippen LogP contribution is -2.42. The Kier molecular flexibility index (Phi) is 7.01. The summed E-state index contributed by atoms with van der Waals surface area (Å²) in [6, 6.07) is 1.24. The Morgan fingerprint density at radius 1 is 1.43 bits per heavy atom. The largest absolute Gasteiger partial charge is 0.307 e. The standard InChI is InChI=1S/C12H22BrN5O2S/c1-4-18(5-2)8-9(3)17-21(19,20)11-6-10(13)7-15-12(11)16-14/h6-7,9,17H,4-5,8,14H2,1-3H3,(H,15,16). The Labute approximate surface area is 134 Å². The molecular weight excluding hydrogens is 358 g/mol. The molecule has 1 unspecified atom stereocenters. The van der Waals surface area contributed by atoms with Gasteiger partial charge in [0.05, 0.1) is 0 Å². The third-order valence-corrected chi connectivity index (χ3v) is 5.06. The van der Waals surface area contributed by atoms with Gasteiger partial charge in [0.15, 0.2) is 5.82 Å². The molecule has 0 amide bonds. The average Bonchev–Trinajstić information content (AvgIpc) is 2.44. The number of pyridine rings is 1. The van der Waals surface area contributed by atoms with Crippen LogP contribution in [0.1, 0.15) is 20.8 Å². The molecule has 0 aliphatic rings. The van der Waals surface area contributed by atoms with E-state index >= 15 is 0 Å². The Morgan fingerprint density at radius 3 is 2.57 bits per heavy atom. The number of halogens is 1. The smallest absolute Gasteiger partial charge is 0.244 e. The minimum absolute atomic E-state index is 0.0192. The van der Waals surface area contributed by atoms with Crippen LogP contribution in [0.4, 0.5) is 5.82 Å². The number of nitrogen functional groups attached to an aromatic ring is 1. The summed E-state index contributed by atoms with van der Waals surface area (Å²) in [5, 5.41) is 0. The molecule has 4 N–H and O–H groups in total. The molecule has 0 spiro atoms. The van der Waals surface area contributed by atoms with Crippen molar-refractivity contribution in [1.29, 1.82) is 0 Å². The van der Waals surface area contributed by atoms with Gasteiger partial charge >= 0.3 is 0 Å². The molecule has 0 saturated carbocycles. The molecule has 1 aromatic heterocycles. The highest BCUT2D eigenvalue weighted by Gasteiger charge is 2.22. The number of rotatable bonds is 8. The first kappa shape index (κ1) is 18.3. The van der Waals surface area contributed by atoms with Gasteiger partial charge in [-0.25, -0.2) is 24.0 Å². The lowest BCUT2D eigenvalue weighted by molar-refractivity contribution is 0.282. The molecule has 0 radical (unpaired) electrons. The van der Waals surface area contributed by atoms with Crippen LogP contribution in [0.5, 0.6) is 0 Å². The quantitative estimate of drug-likeness (QED) is 0.462. The highest BCUT2D eigenvalue weighted by molar-refractivity contribution is 9.10. The first-order valence-electron chi connectivity index (χ1n) is 6.70. The Balaban J connectivity index is 2.94. The van der Waals surface area contributed by atoms with Gasteiger partial charge in [0, 0.05) is 23.3 Å². The number of nitrogens with zero attached hydrogens (tertiary/aromatic N) is 2. The molecule has 120 valence electrons. The number of likely N-dealkylation sites (N-methyl/N-ethyl adjacent to an activating group) is 1. The number of aromatic nitrogens is 1. The van der Waals surface area contributed by atoms with Crippen LogP contribution in [-0.2, 0) is 10.0 Å². The number of nitrogens with one attached hydrogen (secondary N) is 2. The fourth-order valence-corrected chi connectivity index (χ4v) is 3.83. The lowest BCUT2D eigenvalue weighted by Gasteiger charge is -2.23. The van der Waals surface area contributed by atoms with E-state index < -0.39 is 10.0 Å². The molecule has 9 heteroatoms. The summed E-state index contributed by atoms with van der Waals surface area (Å²) in [5.74, 6) is 5.44. The van der Waals surface area contributed by atoms with E-state index in [0.717, 1.165) is 13.1 Å². The lowest BCUT2D eigenvalue weighted by atomic mass is 10.3. The zero-order valence-corrected chi connectivity index (χ0v) is 14.8. The van der Waals surface area contributed by atoms with Crippen molar-refractivity contribution >= 4 is 31.8 Å². The molecule has 1 heterocycles. The van der Waals surface area contributed by atoms with Gasteiger partial charge in [0.25, 0.3) is 0 Å². The van der Waals surface area contributed by atoms with Crippen LogP contribution in [0.25, 0.3) is 0 Å². The van der Waals surface area contributed by atoms with Crippen LogP contribution in [0.3, 0.4) is 0 Å². The second-order valence-electron chi connectivity index (χ2n) is 4.65. The summed E-state index contributed by atoms with van der Waals surface area (Å²) < 4.78 is 28.1. The maximum Gasteiger partial charge on any atom is 0.244 e. The van der Waals surface area contributed by atoms with E-state index in [2.05, 4.69) is 36.0 Å². The molecule has 0 aromatic carbocycles. The predicted molar refractivity (Wildman–Crippen MR) is 87.3 cm³/mol. The molecule has 0 bridgehead atoms. The monoisotopic (exact) mass is 379 g/mol. The molecule has 0 saturated heterocycles. The summed E-state index contributed by atoms with van der Waals surface area (Å²) in [5.41, 5.74) is 2.30. The molecule has 7 nitrogen and oxygen atoms in total. The van der Waals surface area contributed by atoms with Gasteiger partial charge in [-0.1, -0.05) is 13.8 Å². The van der Waals surface area contributed by atoms with Gasteiger partial charge in [-0.3, -0.25) is 0 Å². The van der Waals surface area contributed by atoms with Crippen molar-refractivity contribution in [2.75, 3.05) is 25.1 Å². The third-order valence-electron chi connectivity index (χ3n) is 3.03. The van der Waals surface area contributed by atoms with Gasteiger partial charge in [0.1, 0.15) is 4.90 Å². The minimum Gasteiger partial charge on any atom is -0.307 e. The molecule has 21 heavy (non-hydrogen) atoms. The second kappa shape index (κ2) is 8.04. The summed E-state index contributed by atoms with van der Waals surface area (Å²) in [7, 11) is -3.70. The molecule has 0 aliphatic heterocycles. The fraction of sp³-hybridized carbons (Fsp3) is 0.583. The number of anilines is 1. The van der Waals surface area contributed by atoms with Crippen molar-refractivity contribution in [2.45, 2.75) is 31.7 Å². The SMILES string of the molecule is CCN(CC)CC(C)NS(=O)(=O)c1cc(Br)cnc1NN. The number of hydrazine groups is 1. The van der Waals surface area contributed by atoms with Gasteiger partial charge in [0.2, 0.25) is 10.0 Å². The van der Waals surface area contributed by atoms with Crippen molar-refractivity contribution in [2.24, 2.45) is 5.84 Å². The van der Waals surface area contributed by atoms with E-state index in [9.17, 15) is 8.42 Å². The predicted octanol–water partition coefficient (Wildman–Crippen LogP) is 1.14. The fourth-order valence-electron chi connectivity index (χ4n) is 1.97. The van der Waals surface area contributed by atoms with Crippen molar-refractivity contribution in [3.8, 4) is 0 Å². The molecule has 1 rings (SSSR count). The zero-order chi connectivity index (χ0) is 16.0. The molecule has 1 atom stereocenters. The Morgan fingerprint density at radius 2 is 2.05 bits per heavy atom. The van der Waals surface area contributed by atoms with Crippen molar-refractivity contribution < 1.29 is 8.42 Å². The van der Waals surface area contributed by atoms with Crippen molar-refractivity contribution in [3.05, 3.63) is 16.7 Å². The number of hydrogen-bond acceptors (Lipinski definition) is 6. The maximum atomic E-state index is 12.4. The Bertz CT molecular complexity index is 563. The normalized spacial score (nSPS) is 13.4. The van der Waals surface area contributed by atoms with Gasteiger partial charge in [-0.2, -0.15) is 0 Å². The van der Waals surface area contributed by atoms with E-state index in [1.807, 2.05) is 20.8 Å². The minimum atomic E-state index is -3.70. The Hall–Kier alpha value is -0.740. The van der Waals surface area contributed by atoms with E-state index in [4.69, 9.17) is 5.84 Å².